The first-order valence-corrected chi connectivity index (χ1v) is 12.3. The summed E-state index contributed by atoms with van der Waals surface area (Å²) in [5.41, 5.74) is 1.36. The van der Waals surface area contributed by atoms with Crippen molar-refractivity contribution >= 4 is 39.8 Å². The van der Waals surface area contributed by atoms with Crippen molar-refractivity contribution in [1.82, 2.24) is 20.1 Å². The molecule has 4 rings (SSSR count). The van der Waals surface area contributed by atoms with Crippen LogP contribution in [-0.4, -0.2) is 62.0 Å². The summed E-state index contributed by atoms with van der Waals surface area (Å²) in [7, 11) is 0. The summed E-state index contributed by atoms with van der Waals surface area (Å²) in [5, 5.41) is 24.4. The number of fused-ring (bicyclic) bond motifs is 2. The molecular weight excluding hydrogens is 448 g/mol. The summed E-state index contributed by atoms with van der Waals surface area (Å²) >= 11 is 7.65. The molecule has 0 radical (unpaired) electrons. The summed E-state index contributed by atoms with van der Waals surface area (Å²) in [6, 6.07) is 2.11. The Morgan fingerprint density at radius 1 is 1.28 bits per heavy atom. The number of aromatic nitrogens is 3. The Morgan fingerprint density at radius 2 is 1.94 bits per heavy atom. The number of hydrogen-bond donors (Lipinski definition) is 2. The van der Waals surface area contributed by atoms with Gasteiger partial charge >= 0.3 is 6.09 Å². The van der Waals surface area contributed by atoms with Gasteiger partial charge < -0.3 is 15.3 Å². The highest BCUT2D eigenvalue weighted by atomic mass is 35.5. The first-order chi connectivity index (χ1) is 15.0. The van der Waals surface area contributed by atoms with E-state index in [1.807, 2.05) is 26.8 Å². The number of amides is 1. The van der Waals surface area contributed by atoms with Crippen LogP contribution < -0.4 is 10.2 Å². The molecule has 1 saturated heterocycles. The number of nitrogens with one attached hydrogen (secondary N) is 1. The average molecular weight is 479 g/mol. The summed E-state index contributed by atoms with van der Waals surface area (Å²) in [6.07, 6.45) is 3.00. The molecule has 0 spiro atoms. The smallest absolute Gasteiger partial charge is 0.408 e. The van der Waals surface area contributed by atoms with Gasteiger partial charge in [0.25, 0.3) is 0 Å². The van der Waals surface area contributed by atoms with Gasteiger partial charge in [0.2, 0.25) is 5.13 Å². The van der Waals surface area contributed by atoms with Crippen molar-refractivity contribution in [2.24, 2.45) is 11.8 Å². The Labute approximate surface area is 198 Å². The Bertz CT molecular complexity index is 977. The molecule has 2 fully saturated rings. The maximum absolute atomic E-state index is 12.1. The summed E-state index contributed by atoms with van der Waals surface area (Å²) in [6.45, 7) is 11.7. The molecule has 32 heavy (non-hydrogen) atoms. The van der Waals surface area contributed by atoms with Gasteiger partial charge in [-0.05, 0) is 65.4 Å². The molecule has 2 aromatic rings. The van der Waals surface area contributed by atoms with Crippen molar-refractivity contribution in [3.05, 3.63) is 17.4 Å². The van der Waals surface area contributed by atoms with Crippen LogP contribution in [0.5, 0.6) is 0 Å². The monoisotopic (exact) mass is 478 g/mol. The van der Waals surface area contributed by atoms with Gasteiger partial charge in [-0.15, -0.1) is 10.2 Å². The zero-order valence-corrected chi connectivity index (χ0v) is 20.7. The molecule has 0 aromatic carbocycles. The Hall–Kier alpha value is -2.13. The Balaban J connectivity index is 1.56. The maximum atomic E-state index is 12.1. The first kappa shape index (κ1) is 23.0. The molecule has 1 amide bonds. The lowest BCUT2D eigenvalue weighted by Gasteiger charge is -2.47. The minimum Gasteiger partial charge on any atom is -0.465 e. The molecule has 3 heterocycles. The van der Waals surface area contributed by atoms with Crippen LogP contribution >= 0.6 is 22.9 Å². The van der Waals surface area contributed by atoms with Crippen LogP contribution in [0.3, 0.4) is 0 Å². The number of halogens is 1. The number of carbonyl (C=O) groups is 1. The lowest BCUT2D eigenvalue weighted by Crippen LogP contribution is -2.59. The average Bonchev–Trinajstić information content (AvgIpc) is 3.23. The predicted molar refractivity (Wildman–Crippen MR) is 129 cm³/mol. The summed E-state index contributed by atoms with van der Waals surface area (Å²) in [5.74, 6) is 0.596. The zero-order valence-electron chi connectivity index (χ0n) is 19.2. The second kappa shape index (κ2) is 8.67. The molecule has 2 N–H and O–H groups in total. The molecule has 10 heteroatoms. The lowest BCUT2D eigenvalue weighted by molar-refractivity contribution is 0.0358. The molecule has 8 nitrogen and oxygen atoms in total. The van der Waals surface area contributed by atoms with Crippen LogP contribution in [0.2, 0.25) is 5.15 Å². The Morgan fingerprint density at radius 3 is 2.50 bits per heavy atom. The molecule has 2 bridgehead atoms. The second-order valence-electron chi connectivity index (χ2n) is 10.1. The van der Waals surface area contributed by atoms with Gasteiger partial charge in [-0.2, -0.15) is 0 Å². The zero-order chi connectivity index (χ0) is 23.2. The minimum absolute atomic E-state index is 0.0541. The third-order valence-corrected chi connectivity index (χ3v) is 7.47. The number of carboxylic acid groups (broad SMARTS) is 1. The molecule has 3 atom stereocenters. The van der Waals surface area contributed by atoms with Crippen molar-refractivity contribution in [2.75, 3.05) is 23.3 Å². The van der Waals surface area contributed by atoms with E-state index in [0.29, 0.717) is 17.0 Å². The van der Waals surface area contributed by atoms with Gasteiger partial charge in [0.1, 0.15) is 5.15 Å². The first-order valence-electron chi connectivity index (χ1n) is 11.1. The topological polar surface area (TPSA) is 94.5 Å². The highest BCUT2D eigenvalue weighted by Gasteiger charge is 2.49. The number of hydrogen-bond acceptors (Lipinski definition) is 7. The second-order valence-corrected chi connectivity index (χ2v) is 11.4. The van der Waals surface area contributed by atoms with E-state index in [4.69, 9.17) is 11.6 Å². The molecular formula is C22H31ClN6O2S. The minimum atomic E-state index is -0.827. The fourth-order valence-electron chi connectivity index (χ4n) is 5.12. The number of pyridine rings is 1. The van der Waals surface area contributed by atoms with Crippen LogP contribution in [0.1, 0.15) is 47.5 Å². The van der Waals surface area contributed by atoms with Gasteiger partial charge in [0.15, 0.2) is 5.01 Å². The van der Waals surface area contributed by atoms with Gasteiger partial charge in [-0.25, -0.2) is 9.78 Å². The van der Waals surface area contributed by atoms with Crippen LogP contribution in [0.25, 0.3) is 10.6 Å². The molecule has 1 unspecified atom stereocenters. The number of piperidine rings is 1. The standard InChI is InChI=1S/C22H31ClN6O2S/c1-12(2)25-16-8-17(23)24-9-15(16)19-26-27-20(32-19)28-10-13-6-7-14(11-28)18(13)29(21(30)31)22(3,4)5/h8-9,12-14,18H,6-7,10-11H2,1-5H3,(H,24,25)(H,30,31)/t13-,14+,18?. The number of rotatable bonds is 5. The molecule has 1 saturated carbocycles. The van der Waals surface area contributed by atoms with E-state index < -0.39 is 11.6 Å². The Kier molecular flexibility index (Phi) is 6.24. The van der Waals surface area contributed by atoms with E-state index in [1.54, 1.807) is 22.4 Å². The predicted octanol–water partition coefficient (Wildman–Crippen LogP) is 5.07. The van der Waals surface area contributed by atoms with Crippen LogP contribution in [0, 0.1) is 11.8 Å². The van der Waals surface area contributed by atoms with E-state index in [9.17, 15) is 9.90 Å². The van der Waals surface area contributed by atoms with E-state index >= 15 is 0 Å². The van der Waals surface area contributed by atoms with Crippen molar-refractivity contribution in [2.45, 2.75) is 65.1 Å². The van der Waals surface area contributed by atoms with E-state index in [2.05, 4.69) is 39.2 Å². The molecule has 1 aliphatic carbocycles. The van der Waals surface area contributed by atoms with Crippen LogP contribution in [0.4, 0.5) is 15.6 Å². The molecule has 1 aliphatic heterocycles. The summed E-state index contributed by atoms with van der Waals surface area (Å²) < 4.78 is 0. The quantitative estimate of drug-likeness (QED) is 0.579. The molecule has 174 valence electrons. The van der Waals surface area contributed by atoms with Crippen molar-refractivity contribution in [3.63, 3.8) is 0 Å². The van der Waals surface area contributed by atoms with Gasteiger partial charge in [-0.1, -0.05) is 22.9 Å². The van der Waals surface area contributed by atoms with Gasteiger partial charge in [0.05, 0.1) is 5.56 Å². The van der Waals surface area contributed by atoms with E-state index in [1.165, 1.54) is 0 Å². The molecule has 2 aliphatic rings. The third-order valence-electron chi connectivity index (χ3n) is 6.24. The number of anilines is 2. The number of nitrogens with zero attached hydrogens (tertiary/aromatic N) is 5. The van der Waals surface area contributed by atoms with E-state index in [-0.39, 0.29) is 12.1 Å². The van der Waals surface area contributed by atoms with Crippen molar-refractivity contribution < 1.29 is 9.90 Å². The molecule has 2 aromatic heterocycles. The largest absolute Gasteiger partial charge is 0.465 e. The summed E-state index contributed by atoms with van der Waals surface area (Å²) in [4.78, 5) is 20.3. The maximum Gasteiger partial charge on any atom is 0.408 e. The highest BCUT2D eigenvalue weighted by molar-refractivity contribution is 7.18. The van der Waals surface area contributed by atoms with Crippen LogP contribution in [-0.2, 0) is 0 Å². The van der Waals surface area contributed by atoms with Gasteiger partial charge in [-0.3, -0.25) is 4.90 Å². The van der Waals surface area contributed by atoms with E-state index in [0.717, 1.165) is 47.3 Å². The highest BCUT2D eigenvalue weighted by Crippen LogP contribution is 2.44. The fourth-order valence-corrected chi connectivity index (χ4v) is 6.16. The van der Waals surface area contributed by atoms with Crippen LogP contribution in [0.15, 0.2) is 12.3 Å². The lowest BCUT2D eigenvalue weighted by atomic mass is 9.88. The van der Waals surface area contributed by atoms with Crippen molar-refractivity contribution in [1.29, 1.82) is 0 Å². The van der Waals surface area contributed by atoms with Gasteiger partial charge in [0, 0.05) is 42.6 Å². The fraction of sp³-hybridized carbons (Fsp3) is 0.636. The normalized spacial score (nSPS) is 23.0. The third kappa shape index (κ3) is 4.50. The SMILES string of the molecule is CC(C)Nc1cc(Cl)ncc1-c1nnc(N2C[C@H]3CC[C@@H](C2)C3N(C(=O)O)C(C)(C)C)s1. The van der Waals surface area contributed by atoms with Crippen molar-refractivity contribution in [3.8, 4) is 10.6 Å².